The van der Waals surface area contributed by atoms with Crippen LogP contribution in [0.3, 0.4) is 0 Å². The van der Waals surface area contributed by atoms with Crippen LogP contribution in [0, 0.1) is 0 Å². The molecular formula is C21H26N4O3. The molecule has 1 aliphatic rings. The molecule has 3 rings (SSSR count). The number of carbonyl (C=O) groups excluding carboxylic acids is 1. The van der Waals surface area contributed by atoms with Crippen molar-refractivity contribution in [2.75, 3.05) is 26.9 Å². The smallest absolute Gasteiger partial charge is 0.253 e. The van der Waals surface area contributed by atoms with Crippen molar-refractivity contribution in [3.05, 3.63) is 53.9 Å². The Labute approximate surface area is 165 Å². The van der Waals surface area contributed by atoms with Gasteiger partial charge in [-0.25, -0.2) is 0 Å². The van der Waals surface area contributed by atoms with Crippen LogP contribution in [0.5, 0.6) is 5.75 Å². The molecule has 0 atom stereocenters. The second-order valence-corrected chi connectivity index (χ2v) is 6.51. The highest BCUT2D eigenvalue weighted by atomic mass is 16.5. The highest BCUT2D eigenvalue weighted by molar-refractivity contribution is 5.99. The molecule has 0 saturated carbocycles. The molecule has 0 radical (unpaired) electrons. The molecule has 0 unspecified atom stereocenters. The summed E-state index contributed by atoms with van der Waals surface area (Å²) in [5, 5.41) is 6.16. The molecule has 0 spiro atoms. The van der Waals surface area contributed by atoms with Gasteiger partial charge in [-0.2, -0.15) is 0 Å². The van der Waals surface area contributed by atoms with Crippen LogP contribution >= 0.6 is 0 Å². The molecule has 1 saturated heterocycles. The number of amides is 1. The monoisotopic (exact) mass is 382 g/mol. The fourth-order valence-corrected chi connectivity index (χ4v) is 2.99. The van der Waals surface area contributed by atoms with Gasteiger partial charge in [0.25, 0.3) is 5.91 Å². The summed E-state index contributed by atoms with van der Waals surface area (Å²) in [5.74, 6) is 0.593. The third-order valence-corrected chi connectivity index (χ3v) is 4.54. The first kappa shape index (κ1) is 20.0. The van der Waals surface area contributed by atoms with E-state index in [2.05, 4.69) is 26.7 Å². The maximum atomic E-state index is 11.8. The van der Waals surface area contributed by atoms with E-state index in [0.29, 0.717) is 23.9 Å². The average molecular weight is 382 g/mol. The number of nitrogens with zero attached hydrogens (tertiary/aromatic N) is 2. The van der Waals surface area contributed by atoms with Gasteiger partial charge < -0.3 is 20.1 Å². The van der Waals surface area contributed by atoms with Crippen molar-refractivity contribution in [3.8, 4) is 5.75 Å². The predicted molar refractivity (Wildman–Crippen MR) is 108 cm³/mol. The molecule has 1 amide bonds. The number of hydrogen-bond acceptors (Lipinski definition) is 6. The van der Waals surface area contributed by atoms with Crippen LogP contribution in [0.1, 0.15) is 28.8 Å². The zero-order valence-electron chi connectivity index (χ0n) is 16.1. The largest absolute Gasteiger partial charge is 0.488 e. The lowest BCUT2D eigenvalue weighted by Gasteiger charge is -2.23. The maximum absolute atomic E-state index is 11.8. The number of ether oxygens (including phenoxy) is 2. The molecule has 0 aliphatic carbocycles. The summed E-state index contributed by atoms with van der Waals surface area (Å²) in [5.41, 5.74) is 2.17. The lowest BCUT2D eigenvalue weighted by Crippen LogP contribution is -2.34. The van der Waals surface area contributed by atoms with E-state index in [1.54, 1.807) is 31.7 Å². The van der Waals surface area contributed by atoms with E-state index in [9.17, 15) is 4.79 Å². The Morgan fingerprint density at radius 3 is 3.04 bits per heavy atom. The van der Waals surface area contributed by atoms with Crippen molar-refractivity contribution in [3.63, 3.8) is 0 Å². The zero-order valence-corrected chi connectivity index (χ0v) is 16.1. The number of carbonyl (C=O) groups is 1. The van der Waals surface area contributed by atoms with E-state index >= 15 is 0 Å². The molecule has 2 aromatic rings. The number of hydrogen-bond donors (Lipinski definition) is 2. The second kappa shape index (κ2) is 10.5. The molecule has 2 N–H and O–H groups in total. The van der Waals surface area contributed by atoms with Gasteiger partial charge in [0.15, 0.2) is 0 Å². The average Bonchev–Trinajstić information content (AvgIpc) is 2.76. The first-order valence-corrected chi connectivity index (χ1v) is 9.48. The Hall–Kier alpha value is -2.77. The molecule has 148 valence electrons. The van der Waals surface area contributed by atoms with Gasteiger partial charge in [0.05, 0.1) is 17.4 Å². The van der Waals surface area contributed by atoms with Crippen LogP contribution in [0.4, 0.5) is 5.69 Å². The third-order valence-electron chi connectivity index (χ3n) is 4.54. The minimum absolute atomic E-state index is 0.194. The number of rotatable bonds is 8. The summed E-state index contributed by atoms with van der Waals surface area (Å²) >= 11 is 0. The van der Waals surface area contributed by atoms with Gasteiger partial charge in [-0.3, -0.25) is 14.8 Å². The van der Waals surface area contributed by atoms with E-state index in [-0.39, 0.29) is 5.91 Å². The van der Waals surface area contributed by atoms with Crippen LogP contribution in [0.15, 0.2) is 47.7 Å². The second-order valence-electron chi connectivity index (χ2n) is 6.51. The Kier molecular flexibility index (Phi) is 7.52. The quantitative estimate of drug-likeness (QED) is 0.685. The summed E-state index contributed by atoms with van der Waals surface area (Å²) in [7, 11) is 1.59. The Morgan fingerprint density at radius 2 is 2.21 bits per heavy atom. The summed E-state index contributed by atoms with van der Waals surface area (Å²) in [4.78, 5) is 20.2. The lowest BCUT2D eigenvalue weighted by molar-refractivity contribution is 0.0776. The highest BCUT2D eigenvalue weighted by Gasteiger charge is 2.12. The van der Waals surface area contributed by atoms with E-state index in [1.807, 2.05) is 18.2 Å². The molecule has 2 heterocycles. The van der Waals surface area contributed by atoms with E-state index < -0.39 is 0 Å². The van der Waals surface area contributed by atoms with Gasteiger partial charge in [-0.15, -0.1) is 0 Å². The van der Waals surface area contributed by atoms with Gasteiger partial charge in [0.1, 0.15) is 12.4 Å². The topological polar surface area (TPSA) is 84.8 Å². The summed E-state index contributed by atoms with van der Waals surface area (Å²) in [6.07, 6.45) is 6.87. The van der Waals surface area contributed by atoms with Crippen LogP contribution < -0.4 is 15.4 Å². The number of benzene rings is 1. The SMILES string of the molecule is CNC(=O)c1ccncc1/N=C/COc1cccc(CNC2CCOCC2)c1. The highest BCUT2D eigenvalue weighted by Crippen LogP contribution is 2.17. The molecule has 0 bridgehead atoms. The van der Waals surface area contributed by atoms with Gasteiger partial charge in [-0.1, -0.05) is 12.1 Å². The van der Waals surface area contributed by atoms with Crippen LogP contribution in [-0.2, 0) is 11.3 Å². The van der Waals surface area contributed by atoms with Gasteiger partial charge in [0.2, 0.25) is 0 Å². The van der Waals surface area contributed by atoms with E-state index in [4.69, 9.17) is 9.47 Å². The summed E-state index contributed by atoms with van der Waals surface area (Å²) < 4.78 is 11.2. The van der Waals surface area contributed by atoms with Crippen LogP contribution in [-0.4, -0.2) is 50.0 Å². The first-order chi connectivity index (χ1) is 13.8. The van der Waals surface area contributed by atoms with Gasteiger partial charge in [-0.05, 0) is 36.6 Å². The molecule has 1 aromatic heterocycles. The van der Waals surface area contributed by atoms with Gasteiger partial charge >= 0.3 is 0 Å². The Bertz CT molecular complexity index is 804. The van der Waals surface area contributed by atoms with E-state index in [0.717, 1.165) is 38.3 Å². The molecule has 7 heteroatoms. The Balaban J connectivity index is 1.51. The Morgan fingerprint density at radius 1 is 1.36 bits per heavy atom. The molecule has 1 fully saturated rings. The molecular weight excluding hydrogens is 356 g/mol. The zero-order chi connectivity index (χ0) is 19.6. The summed E-state index contributed by atoms with van der Waals surface area (Å²) in [6.45, 7) is 2.78. The number of nitrogens with one attached hydrogen (secondary N) is 2. The number of aliphatic imine (C=N–C) groups is 1. The minimum atomic E-state index is -0.194. The van der Waals surface area contributed by atoms with Crippen LogP contribution in [0.2, 0.25) is 0 Å². The fraction of sp³-hybridized carbons (Fsp3) is 0.381. The first-order valence-electron chi connectivity index (χ1n) is 9.48. The van der Waals surface area contributed by atoms with Crippen molar-refractivity contribution in [1.82, 2.24) is 15.6 Å². The molecule has 7 nitrogen and oxygen atoms in total. The third kappa shape index (κ3) is 5.87. The van der Waals surface area contributed by atoms with Crippen molar-refractivity contribution < 1.29 is 14.3 Å². The van der Waals surface area contributed by atoms with Crippen molar-refractivity contribution in [1.29, 1.82) is 0 Å². The normalized spacial score (nSPS) is 14.9. The fourth-order valence-electron chi connectivity index (χ4n) is 2.99. The standard InChI is InChI=1S/C21H26N4O3/c1-22-21(26)19-5-8-23-15-20(19)24-9-12-28-18-4-2-3-16(13-18)14-25-17-6-10-27-11-7-17/h2-5,8-9,13,15,17,25H,6-7,10-12,14H2,1H3,(H,22,26)/b24-9+. The molecule has 1 aliphatic heterocycles. The lowest BCUT2D eigenvalue weighted by atomic mass is 10.1. The predicted octanol–water partition coefficient (Wildman–Crippen LogP) is 2.49. The van der Waals surface area contributed by atoms with E-state index in [1.165, 1.54) is 5.56 Å². The molecule has 28 heavy (non-hydrogen) atoms. The van der Waals surface area contributed by atoms with Crippen molar-refractivity contribution in [2.24, 2.45) is 4.99 Å². The number of pyridine rings is 1. The summed E-state index contributed by atoms with van der Waals surface area (Å²) in [6, 6.07) is 10.2. The minimum Gasteiger partial charge on any atom is -0.488 e. The van der Waals surface area contributed by atoms with Crippen LogP contribution in [0.25, 0.3) is 0 Å². The number of aromatic nitrogens is 1. The maximum Gasteiger partial charge on any atom is 0.253 e. The van der Waals surface area contributed by atoms with Crippen molar-refractivity contribution >= 4 is 17.8 Å². The van der Waals surface area contributed by atoms with Gasteiger partial charge in [0, 0.05) is 45.3 Å². The molecule has 1 aromatic carbocycles. The van der Waals surface area contributed by atoms with Crippen molar-refractivity contribution in [2.45, 2.75) is 25.4 Å².